The van der Waals surface area contributed by atoms with Gasteiger partial charge in [0.05, 0.1) is 0 Å². The second kappa shape index (κ2) is 8.93. The van der Waals surface area contributed by atoms with Gasteiger partial charge in [0, 0.05) is 18.2 Å². The smallest absolute Gasteiger partial charge is 0.251 e. The molecule has 23 heavy (non-hydrogen) atoms. The van der Waals surface area contributed by atoms with Gasteiger partial charge < -0.3 is 16.4 Å². The Balaban J connectivity index is 1.97. The molecule has 0 bridgehead atoms. The summed E-state index contributed by atoms with van der Waals surface area (Å²) in [5.74, 6) is 0.951. The molecule has 1 fully saturated rings. The molecule has 126 valence electrons. The Kier molecular flexibility index (Phi) is 6.92. The van der Waals surface area contributed by atoms with E-state index in [2.05, 4.69) is 10.6 Å². The third kappa shape index (κ3) is 5.55. The van der Waals surface area contributed by atoms with Gasteiger partial charge in [-0.15, -0.1) is 0 Å². The number of carbonyl (C=O) groups is 2. The number of nitrogens with one attached hydrogen (secondary N) is 2. The molecule has 0 radical (unpaired) electrons. The van der Waals surface area contributed by atoms with Crippen molar-refractivity contribution in [1.82, 2.24) is 10.6 Å². The van der Waals surface area contributed by atoms with Crippen LogP contribution in [0.1, 0.15) is 29.6 Å². The summed E-state index contributed by atoms with van der Waals surface area (Å²) in [6, 6.07) is 8.46. The molecule has 1 aromatic rings. The summed E-state index contributed by atoms with van der Waals surface area (Å²) in [6.07, 6.45) is 4.83. The minimum absolute atomic E-state index is 0.0212. The molecule has 0 saturated heterocycles. The Bertz CT molecular complexity index is 520. The van der Waals surface area contributed by atoms with Gasteiger partial charge in [0.1, 0.15) is 6.04 Å². The van der Waals surface area contributed by atoms with E-state index >= 15 is 0 Å². The summed E-state index contributed by atoms with van der Waals surface area (Å²) in [5, 5.41) is 5.86. The van der Waals surface area contributed by atoms with Crippen LogP contribution in [0.2, 0.25) is 0 Å². The topological polar surface area (TPSA) is 84.2 Å². The minimum atomic E-state index is -0.525. The zero-order valence-electron chi connectivity index (χ0n) is 13.5. The first-order valence-corrected chi connectivity index (χ1v) is 9.40. The largest absolute Gasteiger partial charge is 0.350 e. The first kappa shape index (κ1) is 17.8. The SMILES string of the molecule is CSCCC(NC(=O)c1ccccc1)C(=O)NC(CN)C1CC1. The molecule has 1 saturated carbocycles. The van der Waals surface area contributed by atoms with Crippen molar-refractivity contribution in [2.24, 2.45) is 11.7 Å². The van der Waals surface area contributed by atoms with E-state index in [9.17, 15) is 9.59 Å². The van der Waals surface area contributed by atoms with Crippen molar-refractivity contribution >= 4 is 23.6 Å². The molecule has 5 nitrogen and oxygen atoms in total. The quantitative estimate of drug-likeness (QED) is 0.637. The van der Waals surface area contributed by atoms with Gasteiger partial charge in [-0.25, -0.2) is 0 Å². The van der Waals surface area contributed by atoms with Crippen molar-refractivity contribution in [1.29, 1.82) is 0 Å². The second-order valence-corrected chi connectivity index (χ2v) is 6.85. The number of carbonyl (C=O) groups excluding carboxylic acids is 2. The number of nitrogens with two attached hydrogens (primary N) is 1. The average molecular weight is 335 g/mol. The van der Waals surface area contributed by atoms with Crippen LogP contribution in [0.3, 0.4) is 0 Å². The fourth-order valence-corrected chi connectivity index (χ4v) is 2.96. The van der Waals surface area contributed by atoms with Crippen LogP contribution in [0.25, 0.3) is 0 Å². The van der Waals surface area contributed by atoms with Crippen molar-refractivity contribution in [2.45, 2.75) is 31.3 Å². The van der Waals surface area contributed by atoms with E-state index in [0.29, 0.717) is 24.4 Å². The van der Waals surface area contributed by atoms with Crippen LogP contribution < -0.4 is 16.4 Å². The lowest BCUT2D eigenvalue weighted by atomic mass is 10.1. The van der Waals surface area contributed by atoms with E-state index in [4.69, 9.17) is 5.73 Å². The summed E-state index contributed by atoms with van der Waals surface area (Å²) >= 11 is 1.66. The zero-order valence-corrected chi connectivity index (χ0v) is 14.3. The number of hydrogen-bond donors (Lipinski definition) is 3. The van der Waals surface area contributed by atoms with Crippen molar-refractivity contribution in [3.05, 3.63) is 35.9 Å². The summed E-state index contributed by atoms with van der Waals surface area (Å²) in [4.78, 5) is 24.8. The van der Waals surface area contributed by atoms with Crippen LogP contribution in [0.15, 0.2) is 30.3 Å². The first-order valence-electron chi connectivity index (χ1n) is 8.01. The Labute approximate surface area is 141 Å². The maximum atomic E-state index is 12.5. The van der Waals surface area contributed by atoms with Crippen LogP contribution in [-0.2, 0) is 4.79 Å². The molecule has 0 aliphatic heterocycles. The maximum absolute atomic E-state index is 12.5. The van der Waals surface area contributed by atoms with Crippen molar-refractivity contribution in [3.63, 3.8) is 0 Å². The number of hydrogen-bond acceptors (Lipinski definition) is 4. The van der Waals surface area contributed by atoms with E-state index in [-0.39, 0.29) is 17.9 Å². The normalized spacial score (nSPS) is 16.4. The van der Waals surface area contributed by atoms with Crippen LogP contribution in [-0.4, -0.2) is 42.5 Å². The summed E-state index contributed by atoms with van der Waals surface area (Å²) < 4.78 is 0. The molecule has 1 aliphatic carbocycles. The summed E-state index contributed by atoms with van der Waals surface area (Å²) in [7, 11) is 0. The summed E-state index contributed by atoms with van der Waals surface area (Å²) in [6.45, 7) is 0.443. The lowest BCUT2D eigenvalue weighted by molar-refractivity contribution is -0.123. The number of benzene rings is 1. The third-order valence-electron chi connectivity index (χ3n) is 4.04. The highest BCUT2D eigenvalue weighted by atomic mass is 32.2. The minimum Gasteiger partial charge on any atom is -0.350 e. The van der Waals surface area contributed by atoms with Gasteiger partial charge in [-0.3, -0.25) is 9.59 Å². The van der Waals surface area contributed by atoms with Gasteiger partial charge in [0.2, 0.25) is 5.91 Å². The van der Waals surface area contributed by atoms with E-state index in [0.717, 1.165) is 18.6 Å². The van der Waals surface area contributed by atoms with Crippen LogP contribution in [0.5, 0.6) is 0 Å². The maximum Gasteiger partial charge on any atom is 0.251 e. The lowest BCUT2D eigenvalue weighted by Gasteiger charge is -2.22. The number of rotatable bonds is 9. The molecule has 6 heteroatoms. The predicted octanol–water partition coefficient (Wildman–Crippen LogP) is 1.39. The van der Waals surface area contributed by atoms with Gasteiger partial charge in [0.15, 0.2) is 0 Å². The van der Waals surface area contributed by atoms with Gasteiger partial charge in [0.25, 0.3) is 5.91 Å². The van der Waals surface area contributed by atoms with E-state index in [1.165, 1.54) is 0 Å². The Hall–Kier alpha value is -1.53. The van der Waals surface area contributed by atoms with Crippen LogP contribution in [0, 0.1) is 5.92 Å². The number of amides is 2. The Morgan fingerprint density at radius 2 is 1.96 bits per heavy atom. The van der Waals surface area contributed by atoms with E-state index in [1.54, 1.807) is 23.9 Å². The standard InChI is InChI=1S/C17H25N3O2S/c1-23-10-9-14(17(22)20-15(11-18)12-7-8-12)19-16(21)13-5-3-2-4-6-13/h2-6,12,14-15H,7-11,18H2,1H3,(H,19,21)(H,20,22). The second-order valence-electron chi connectivity index (χ2n) is 5.86. The molecule has 2 rings (SSSR count). The first-order chi connectivity index (χ1) is 11.2. The predicted molar refractivity (Wildman–Crippen MR) is 94.4 cm³/mol. The molecule has 0 heterocycles. The lowest BCUT2D eigenvalue weighted by Crippen LogP contribution is -2.52. The monoisotopic (exact) mass is 335 g/mol. The molecule has 0 aromatic heterocycles. The third-order valence-corrected chi connectivity index (χ3v) is 4.69. The van der Waals surface area contributed by atoms with E-state index < -0.39 is 6.04 Å². The van der Waals surface area contributed by atoms with Crippen LogP contribution >= 0.6 is 11.8 Å². The zero-order chi connectivity index (χ0) is 16.7. The molecule has 2 amide bonds. The molecule has 1 aliphatic rings. The molecule has 2 unspecified atom stereocenters. The van der Waals surface area contributed by atoms with Gasteiger partial charge in [-0.1, -0.05) is 18.2 Å². The number of thioether (sulfide) groups is 1. The Morgan fingerprint density at radius 3 is 2.52 bits per heavy atom. The highest BCUT2D eigenvalue weighted by molar-refractivity contribution is 7.98. The Morgan fingerprint density at radius 1 is 1.26 bits per heavy atom. The van der Waals surface area contributed by atoms with Crippen LogP contribution in [0.4, 0.5) is 0 Å². The molecule has 0 spiro atoms. The molecule has 1 aromatic carbocycles. The molecular weight excluding hydrogens is 310 g/mol. The van der Waals surface area contributed by atoms with E-state index in [1.807, 2.05) is 24.5 Å². The average Bonchev–Trinajstić information content (AvgIpc) is 3.41. The molecule has 4 N–H and O–H groups in total. The van der Waals surface area contributed by atoms with Gasteiger partial charge >= 0.3 is 0 Å². The molecular formula is C17H25N3O2S. The van der Waals surface area contributed by atoms with Gasteiger partial charge in [-0.2, -0.15) is 11.8 Å². The summed E-state index contributed by atoms with van der Waals surface area (Å²) in [5.41, 5.74) is 6.31. The van der Waals surface area contributed by atoms with Crippen molar-refractivity contribution in [3.8, 4) is 0 Å². The van der Waals surface area contributed by atoms with Crippen molar-refractivity contribution < 1.29 is 9.59 Å². The van der Waals surface area contributed by atoms with Gasteiger partial charge in [-0.05, 0) is 49.3 Å². The molecule has 2 atom stereocenters. The van der Waals surface area contributed by atoms with Crippen molar-refractivity contribution in [2.75, 3.05) is 18.6 Å². The highest BCUT2D eigenvalue weighted by Crippen LogP contribution is 2.32. The highest BCUT2D eigenvalue weighted by Gasteiger charge is 2.33. The fourth-order valence-electron chi connectivity index (χ4n) is 2.49. The fraction of sp³-hybridized carbons (Fsp3) is 0.529.